The van der Waals surface area contributed by atoms with Gasteiger partial charge in [-0.1, -0.05) is 35.3 Å². The Bertz CT molecular complexity index is 1280. The number of hydrazine groups is 1. The molecule has 1 fully saturated rings. The average Bonchev–Trinajstić information content (AvgIpc) is 3.70. The van der Waals surface area contributed by atoms with Crippen molar-refractivity contribution in [2.24, 2.45) is 11.6 Å². The second-order valence-electron chi connectivity index (χ2n) is 8.90. The number of aromatic carboxylic acids is 1. The number of nitrogens with two attached hydrogens (primary N) is 2. The van der Waals surface area contributed by atoms with Gasteiger partial charge < -0.3 is 30.6 Å². The maximum atomic E-state index is 11.3. The maximum Gasteiger partial charge on any atom is 0.335 e. The first-order chi connectivity index (χ1) is 17.3. The molecule has 3 aliphatic rings. The number of nitrogens with one attached hydrogen (secondary N) is 1. The van der Waals surface area contributed by atoms with Crippen molar-refractivity contribution < 1.29 is 19.4 Å². The minimum Gasteiger partial charge on any atom is -0.478 e. The fourth-order valence-electron chi connectivity index (χ4n) is 4.25. The third-order valence-corrected chi connectivity index (χ3v) is 7.04. The van der Waals surface area contributed by atoms with Crippen LogP contribution in [0.15, 0.2) is 65.7 Å². The normalized spacial score (nSPS) is 19.4. The molecule has 5 rings (SSSR count). The number of halogens is 2. The van der Waals surface area contributed by atoms with Crippen molar-refractivity contribution in [1.29, 1.82) is 0 Å². The third kappa shape index (κ3) is 5.03. The highest BCUT2D eigenvalue weighted by Crippen LogP contribution is 2.35. The van der Waals surface area contributed by atoms with Crippen LogP contribution in [-0.4, -0.2) is 35.0 Å². The molecule has 0 saturated heterocycles. The van der Waals surface area contributed by atoms with E-state index in [4.69, 9.17) is 44.3 Å². The molecule has 188 valence electrons. The van der Waals surface area contributed by atoms with Gasteiger partial charge in [0.15, 0.2) is 0 Å². The average molecular weight is 529 g/mol. The number of hydrogen-bond donors (Lipinski definition) is 4. The van der Waals surface area contributed by atoms with E-state index in [9.17, 15) is 9.90 Å². The van der Waals surface area contributed by atoms with Crippen molar-refractivity contribution in [2.75, 3.05) is 6.61 Å². The zero-order valence-corrected chi connectivity index (χ0v) is 20.9. The molecule has 1 aliphatic carbocycles. The summed E-state index contributed by atoms with van der Waals surface area (Å²) in [5.41, 5.74) is 10.0. The van der Waals surface area contributed by atoms with Crippen molar-refractivity contribution >= 4 is 34.9 Å². The molecule has 10 heteroatoms. The molecule has 2 heterocycles. The second-order valence-corrected chi connectivity index (χ2v) is 9.72. The Kier molecular flexibility index (Phi) is 6.85. The maximum absolute atomic E-state index is 11.3. The van der Waals surface area contributed by atoms with Crippen molar-refractivity contribution in [3.63, 3.8) is 0 Å². The van der Waals surface area contributed by atoms with Gasteiger partial charge in [0.2, 0.25) is 0 Å². The van der Waals surface area contributed by atoms with E-state index in [0.717, 1.165) is 24.1 Å². The van der Waals surface area contributed by atoms with Gasteiger partial charge in [0, 0.05) is 11.6 Å². The lowest BCUT2D eigenvalue weighted by atomic mass is 10.0. The lowest BCUT2D eigenvalue weighted by Gasteiger charge is -2.28. The van der Waals surface area contributed by atoms with Gasteiger partial charge in [-0.3, -0.25) is 0 Å². The van der Waals surface area contributed by atoms with Gasteiger partial charge in [0.1, 0.15) is 17.7 Å². The Morgan fingerprint density at radius 1 is 1.19 bits per heavy atom. The molecule has 2 aliphatic heterocycles. The van der Waals surface area contributed by atoms with E-state index in [2.05, 4.69) is 5.32 Å². The van der Waals surface area contributed by atoms with Crippen LogP contribution in [0.4, 0.5) is 0 Å². The lowest BCUT2D eigenvalue weighted by molar-refractivity contribution is 0.0687. The Morgan fingerprint density at radius 2 is 1.94 bits per heavy atom. The molecule has 1 atom stereocenters. The molecule has 36 heavy (non-hydrogen) atoms. The molecular weight excluding hydrogens is 503 g/mol. The summed E-state index contributed by atoms with van der Waals surface area (Å²) in [6.45, 7) is 0.133. The molecule has 6 N–H and O–H groups in total. The van der Waals surface area contributed by atoms with Crippen molar-refractivity contribution in [3.8, 4) is 5.75 Å². The van der Waals surface area contributed by atoms with E-state index in [1.165, 1.54) is 0 Å². The van der Waals surface area contributed by atoms with Crippen molar-refractivity contribution in [1.82, 2.24) is 10.3 Å². The predicted octanol–water partition coefficient (Wildman–Crippen LogP) is 4.40. The third-order valence-electron chi connectivity index (χ3n) is 6.41. The van der Waals surface area contributed by atoms with Crippen LogP contribution >= 0.6 is 23.2 Å². The smallest absolute Gasteiger partial charge is 0.335 e. The van der Waals surface area contributed by atoms with Crippen LogP contribution in [0.5, 0.6) is 5.75 Å². The van der Waals surface area contributed by atoms with Crippen LogP contribution in [0.25, 0.3) is 5.70 Å². The van der Waals surface area contributed by atoms with Crippen LogP contribution in [-0.2, 0) is 11.2 Å². The summed E-state index contributed by atoms with van der Waals surface area (Å²) >= 11 is 12.8. The molecule has 1 unspecified atom stereocenters. The van der Waals surface area contributed by atoms with Gasteiger partial charge in [0.05, 0.1) is 39.3 Å². The van der Waals surface area contributed by atoms with Gasteiger partial charge in [-0.15, -0.1) is 0 Å². The number of allylic oxidation sites excluding steroid dienone is 2. The fourth-order valence-corrected chi connectivity index (χ4v) is 4.86. The van der Waals surface area contributed by atoms with Gasteiger partial charge >= 0.3 is 5.97 Å². The van der Waals surface area contributed by atoms with Crippen LogP contribution in [0.2, 0.25) is 10.0 Å². The van der Waals surface area contributed by atoms with E-state index < -0.39 is 12.2 Å². The van der Waals surface area contributed by atoms with E-state index in [1.54, 1.807) is 41.4 Å². The van der Waals surface area contributed by atoms with E-state index in [-0.39, 0.29) is 18.2 Å². The van der Waals surface area contributed by atoms with E-state index >= 15 is 0 Å². The summed E-state index contributed by atoms with van der Waals surface area (Å²) in [7, 11) is 0. The Morgan fingerprint density at radius 3 is 2.64 bits per heavy atom. The fraction of sp³-hybridized carbons (Fsp3) is 0.269. The van der Waals surface area contributed by atoms with Crippen LogP contribution in [0, 0.1) is 0 Å². The number of benzene rings is 2. The number of ether oxygens (including phenoxy) is 2. The summed E-state index contributed by atoms with van der Waals surface area (Å²) in [6, 6.07) is 10.4. The number of nitrogens with zero attached hydrogens (tertiary/aromatic N) is 1. The zero-order valence-electron chi connectivity index (χ0n) is 19.3. The minimum absolute atomic E-state index is 0.133. The first kappa shape index (κ1) is 24.5. The summed E-state index contributed by atoms with van der Waals surface area (Å²) in [6.07, 6.45) is 6.55. The molecule has 1 saturated carbocycles. The quantitative estimate of drug-likeness (QED) is 0.308. The van der Waals surface area contributed by atoms with E-state index in [1.807, 2.05) is 12.2 Å². The van der Waals surface area contributed by atoms with Crippen LogP contribution in [0.3, 0.4) is 0 Å². The molecule has 2 aromatic carbocycles. The predicted molar refractivity (Wildman–Crippen MR) is 138 cm³/mol. The monoisotopic (exact) mass is 528 g/mol. The van der Waals surface area contributed by atoms with Crippen LogP contribution < -0.4 is 21.6 Å². The number of hydrogen-bond acceptors (Lipinski definition) is 7. The summed E-state index contributed by atoms with van der Waals surface area (Å²) < 4.78 is 12.2. The number of aryl methyl sites for hydroxylation is 1. The lowest BCUT2D eigenvalue weighted by Crippen LogP contribution is -2.39. The first-order valence-electron chi connectivity index (χ1n) is 11.6. The molecule has 8 nitrogen and oxygen atoms in total. The zero-order chi connectivity index (χ0) is 25.4. The molecule has 0 spiro atoms. The number of carbonyl (C=O) groups is 1. The van der Waals surface area contributed by atoms with Crippen molar-refractivity contribution in [3.05, 3.63) is 92.4 Å². The SMILES string of the molecule is N/C(=C(/COC1C=CC2=C(CCc3ccc(C(=O)O)cc3O2)N1)N(N)C1CC1)c1c(Cl)cccc1Cl. The van der Waals surface area contributed by atoms with Gasteiger partial charge in [-0.2, -0.15) is 0 Å². The molecule has 0 radical (unpaired) electrons. The topological polar surface area (TPSA) is 123 Å². The first-order valence-corrected chi connectivity index (χ1v) is 12.4. The van der Waals surface area contributed by atoms with Gasteiger partial charge in [0.25, 0.3) is 0 Å². The number of rotatable bonds is 7. The Labute approximate surface area is 218 Å². The largest absolute Gasteiger partial charge is 0.478 e. The highest BCUT2D eigenvalue weighted by Gasteiger charge is 2.31. The summed E-state index contributed by atoms with van der Waals surface area (Å²) in [5, 5.41) is 15.2. The Balaban J connectivity index is 1.33. The Hall–Kier alpha value is -3.17. The van der Waals surface area contributed by atoms with Gasteiger partial charge in [-0.05, 0) is 67.7 Å². The van der Waals surface area contributed by atoms with E-state index in [0.29, 0.717) is 51.4 Å². The van der Waals surface area contributed by atoms with Crippen LogP contribution in [0.1, 0.15) is 40.7 Å². The van der Waals surface area contributed by atoms with Crippen molar-refractivity contribution in [2.45, 2.75) is 38.0 Å². The summed E-state index contributed by atoms with van der Waals surface area (Å²) in [5.74, 6) is 6.59. The molecule has 2 aromatic rings. The molecule has 0 bridgehead atoms. The molecular formula is C26H26Cl2N4O4. The van der Waals surface area contributed by atoms with Gasteiger partial charge in [-0.25, -0.2) is 10.6 Å². The highest BCUT2D eigenvalue weighted by molar-refractivity contribution is 6.37. The standard InChI is InChI=1S/C26H26Cl2N4O4/c27-17-2-1-3-18(28)24(17)25(29)20(32(30)16-7-8-16)13-35-23-11-10-21-19(31-23)9-6-14-4-5-15(26(33)34)12-22(14)36-21/h1-5,10-12,16,23,31H,6-9,13,29-30H2,(H,33,34)/b25-20-. The number of carboxylic acids is 1. The highest BCUT2D eigenvalue weighted by atomic mass is 35.5. The second kappa shape index (κ2) is 10.1. The molecule has 0 amide bonds. The summed E-state index contributed by atoms with van der Waals surface area (Å²) in [4.78, 5) is 11.3. The number of dihydropyridines is 1. The number of carboxylic acid groups (broad SMARTS) is 1. The molecule has 0 aromatic heterocycles. The minimum atomic E-state index is -0.994. The number of fused-ring (bicyclic) bond motifs is 1.